The Kier molecular flexibility index (Phi) is 4.34. The minimum Gasteiger partial charge on any atom is -0.296 e. The molecule has 0 radical (unpaired) electrons. The SMILES string of the molecule is Cc1cc(C(=O)CN2CCCCC2)nn1-c1ccc(F)cc1. The maximum Gasteiger partial charge on any atom is 0.196 e. The van der Waals surface area contributed by atoms with Gasteiger partial charge in [-0.15, -0.1) is 0 Å². The number of aromatic nitrogens is 2. The fourth-order valence-corrected chi connectivity index (χ4v) is 2.86. The molecule has 0 aliphatic carbocycles. The molecule has 0 saturated carbocycles. The summed E-state index contributed by atoms with van der Waals surface area (Å²) in [5.41, 5.74) is 2.11. The van der Waals surface area contributed by atoms with Crippen LogP contribution < -0.4 is 0 Å². The van der Waals surface area contributed by atoms with Crippen molar-refractivity contribution in [2.75, 3.05) is 19.6 Å². The number of hydrogen-bond donors (Lipinski definition) is 0. The van der Waals surface area contributed by atoms with E-state index in [4.69, 9.17) is 0 Å². The summed E-state index contributed by atoms with van der Waals surface area (Å²) in [4.78, 5) is 14.6. The normalized spacial score (nSPS) is 15.9. The van der Waals surface area contributed by atoms with Crippen LogP contribution in [0, 0.1) is 12.7 Å². The van der Waals surface area contributed by atoms with Crippen molar-refractivity contribution in [3.8, 4) is 5.69 Å². The first-order valence-electron chi connectivity index (χ1n) is 7.71. The molecule has 116 valence electrons. The van der Waals surface area contributed by atoms with Crippen molar-refractivity contribution in [3.63, 3.8) is 0 Å². The van der Waals surface area contributed by atoms with Gasteiger partial charge in [0, 0.05) is 5.69 Å². The average Bonchev–Trinajstić information content (AvgIpc) is 2.91. The van der Waals surface area contributed by atoms with Gasteiger partial charge in [0.25, 0.3) is 0 Å². The van der Waals surface area contributed by atoms with Crippen molar-refractivity contribution in [1.82, 2.24) is 14.7 Å². The molecule has 0 unspecified atom stereocenters. The number of rotatable bonds is 4. The molecule has 2 aromatic rings. The molecule has 5 heteroatoms. The van der Waals surface area contributed by atoms with Crippen LogP contribution in [0.5, 0.6) is 0 Å². The van der Waals surface area contributed by atoms with Crippen molar-refractivity contribution in [1.29, 1.82) is 0 Å². The van der Waals surface area contributed by atoms with Crippen LogP contribution in [0.2, 0.25) is 0 Å². The highest BCUT2D eigenvalue weighted by Crippen LogP contribution is 2.14. The second-order valence-corrected chi connectivity index (χ2v) is 5.82. The van der Waals surface area contributed by atoms with Crippen LogP contribution >= 0.6 is 0 Å². The third kappa shape index (κ3) is 3.25. The van der Waals surface area contributed by atoms with Crippen LogP contribution in [0.1, 0.15) is 35.4 Å². The molecule has 4 nitrogen and oxygen atoms in total. The van der Waals surface area contributed by atoms with E-state index in [1.54, 1.807) is 22.9 Å². The summed E-state index contributed by atoms with van der Waals surface area (Å²) in [6, 6.07) is 7.91. The second-order valence-electron chi connectivity index (χ2n) is 5.82. The van der Waals surface area contributed by atoms with Gasteiger partial charge in [-0.2, -0.15) is 5.10 Å². The summed E-state index contributed by atoms with van der Waals surface area (Å²) < 4.78 is 14.7. The number of nitrogens with zero attached hydrogens (tertiary/aromatic N) is 3. The van der Waals surface area contributed by atoms with Gasteiger partial charge in [0.2, 0.25) is 0 Å². The average molecular weight is 301 g/mol. The van der Waals surface area contributed by atoms with E-state index in [2.05, 4.69) is 10.00 Å². The van der Waals surface area contributed by atoms with E-state index >= 15 is 0 Å². The molecule has 1 aromatic heterocycles. The van der Waals surface area contributed by atoms with E-state index in [0.717, 1.165) is 37.3 Å². The molecule has 0 atom stereocenters. The van der Waals surface area contributed by atoms with Crippen LogP contribution in [-0.4, -0.2) is 40.1 Å². The molecule has 2 heterocycles. The first kappa shape index (κ1) is 14.9. The largest absolute Gasteiger partial charge is 0.296 e. The van der Waals surface area contributed by atoms with E-state index in [1.807, 2.05) is 6.92 Å². The second kappa shape index (κ2) is 6.40. The molecule has 1 aliphatic rings. The maximum atomic E-state index is 13.0. The molecule has 1 fully saturated rings. The Balaban J connectivity index is 1.76. The standard InChI is InChI=1S/C17H20FN3O/c1-13-11-16(17(22)12-20-9-3-2-4-10-20)19-21(13)15-7-5-14(18)6-8-15/h5-8,11H,2-4,9-10,12H2,1H3. The molecule has 1 saturated heterocycles. The van der Waals surface area contributed by atoms with Crippen LogP contribution in [0.25, 0.3) is 5.69 Å². The predicted molar refractivity (Wildman–Crippen MR) is 82.9 cm³/mol. The third-order valence-electron chi connectivity index (χ3n) is 4.06. The number of carbonyl (C=O) groups is 1. The number of benzene rings is 1. The first-order valence-corrected chi connectivity index (χ1v) is 7.71. The van der Waals surface area contributed by atoms with Crippen molar-refractivity contribution in [2.45, 2.75) is 26.2 Å². The highest BCUT2D eigenvalue weighted by Gasteiger charge is 2.18. The van der Waals surface area contributed by atoms with E-state index in [9.17, 15) is 9.18 Å². The number of ketones is 1. The summed E-state index contributed by atoms with van der Waals surface area (Å²) in [7, 11) is 0. The monoisotopic (exact) mass is 301 g/mol. The lowest BCUT2D eigenvalue weighted by atomic mass is 10.1. The van der Waals surface area contributed by atoms with Gasteiger partial charge < -0.3 is 0 Å². The molecule has 22 heavy (non-hydrogen) atoms. The van der Waals surface area contributed by atoms with Gasteiger partial charge in [-0.25, -0.2) is 9.07 Å². The third-order valence-corrected chi connectivity index (χ3v) is 4.06. The fourth-order valence-electron chi connectivity index (χ4n) is 2.86. The molecular formula is C17H20FN3O. The van der Waals surface area contributed by atoms with Crippen LogP contribution in [0.4, 0.5) is 4.39 Å². The minimum absolute atomic E-state index is 0.0471. The zero-order chi connectivity index (χ0) is 15.5. The fraction of sp³-hybridized carbons (Fsp3) is 0.412. The Labute approximate surface area is 129 Å². The highest BCUT2D eigenvalue weighted by molar-refractivity contribution is 5.96. The van der Waals surface area contributed by atoms with Crippen molar-refractivity contribution < 1.29 is 9.18 Å². The topological polar surface area (TPSA) is 38.1 Å². The Morgan fingerprint density at radius 2 is 1.86 bits per heavy atom. The molecule has 0 N–H and O–H groups in total. The first-order chi connectivity index (χ1) is 10.6. The summed E-state index contributed by atoms with van der Waals surface area (Å²) in [5.74, 6) is -0.235. The molecule has 3 rings (SSSR count). The summed E-state index contributed by atoms with van der Waals surface area (Å²) >= 11 is 0. The lowest BCUT2D eigenvalue weighted by Gasteiger charge is -2.25. The number of aryl methyl sites for hydroxylation is 1. The predicted octanol–water partition coefficient (Wildman–Crippen LogP) is 2.99. The smallest absolute Gasteiger partial charge is 0.196 e. The van der Waals surface area contributed by atoms with E-state index in [-0.39, 0.29) is 11.6 Å². The van der Waals surface area contributed by atoms with Crippen molar-refractivity contribution in [3.05, 3.63) is 47.5 Å². The number of hydrogen-bond acceptors (Lipinski definition) is 3. The van der Waals surface area contributed by atoms with Crippen molar-refractivity contribution >= 4 is 5.78 Å². The van der Waals surface area contributed by atoms with Gasteiger partial charge in [-0.05, 0) is 63.2 Å². The van der Waals surface area contributed by atoms with Gasteiger partial charge in [0.15, 0.2) is 5.78 Å². The van der Waals surface area contributed by atoms with E-state index < -0.39 is 0 Å². The zero-order valence-electron chi connectivity index (χ0n) is 12.8. The van der Waals surface area contributed by atoms with Gasteiger partial charge in [0.1, 0.15) is 11.5 Å². The number of piperidine rings is 1. The Morgan fingerprint density at radius 3 is 2.55 bits per heavy atom. The Morgan fingerprint density at radius 1 is 1.18 bits per heavy atom. The van der Waals surface area contributed by atoms with Crippen LogP contribution in [0.15, 0.2) is 30.3 Å². The number of carbonyl (C=O) groups excluding carboxylic acids is 1. The van der Waals surface area contributed by atoms with Gasteiger partial charge in [-0.1, -0.05) is 6.42 Å². The minimum atomic E-state index is -0.282. The number of halogens is 1. The quantitative estimate of drug-likeness (QED) is 0.815. The highest BCUT2D eigenvalue weighted by atomic mass is 19.1. The van der Waals surface area contributed by atoms with E-state index in [0.29, 0.717) is 12.2 Å². The summed E-state index contributed by atoms with van der Waals surface area (Å²) in [6.45, 7) is 4.31. The molecule has 0 spiro atoms. The Bertz CT molecular complexity index is 657. The molecule has 1 aromatic carbocycles. The van der Waals surface area contributed by atoms with Crippen molar-refractivity contribution in [2.24, 2.45) is 0 Å². The summed E-state index contributed by atoms with van der Waals surface area (Å²) in [5, 5.41) is 4.39. The molecule has 0 amide bonds. The lowest BCUT2D eigenvalue weighted by Crippen LogP contribution is -2.34. The van der Waals surface area contributed by atoms with Gasteiger partial charge >= 0.3 is 0 Å². The summed E-state index contributed by atoms with van der Waals surface area (Å²) in [6.07, 6.45) is 3.58. The number of likely N-dealkylation sites (tertiary alicyclic amines) is 1. The maximum absolute atomic E-state index is 13.0. The zero-order valence-corrected chi connectivity index (χ0v) is 12.8. The van der Waals surface area contributed by atoms with Crippen LogP contribution in [-0.2, 0) is 0 Å². The molecule has 0 bridgehead atoms. The van der Waals surface area contributed by atoms with E-state index in [1.165, 1.54) is 18.6 Å². The van der Waals surface area contributed by atoms with Gasteiger partial charge in [0.05, 0.1) is 12.2 Å². The molecular weight excluding hydrogens is 281 g/mol. The lowest BCUT2D eigenvalue weighted by molar-refractivity contribution is 0.0910. The Hall–Kier alpha value is -2.01. The molecule has 1 aliphatic heterocycles. The van der Waals surface area contributed by atoms with Crippen LogP contribution in [0.3, 0.4) is 0 Å². The number of Topliss-reactive ketones (excluding diaryl/α,β-unsaturated/α-hetero) is 1. The van der Waals surface area contributed by atoms with Gasteiger partial charge in [-0.3, -0.25) is 9.69 Å².